The lowest BCUT2D eigenvalue weighted by atomic mass is 10.3. The van der Waals surface area contributed by atoms with E-state index in [4.69, 9.17) is 4.74 Å². The number of hydrogen-bond donors (Lipinski definition) is 0. The third kappa shape index (κ3) is 1.21. The van der Waals surface area contributed by atoms with Gasteiger partial charge in [0.25, 0.3) is 0 Å². The van der Waals surface area contributed by atoms with E-state index in [1.54, 1.807) is 0 Å². The minimum Gasteiger partial charge on any atom is -0.373 e. The molecule has 1 nitrogen and oxygen atoms in total. The molecule has 1 aliphatic heterocycles. The quantitative estimate of drug-likeness (QED) is 0.472. The van der Waals surface area contributed by atoms with Crippen LogP contribution in [0.2, 0.25) is 0 Å². The van der Waals surface area contributed by atoms with Crippen LogP contribution in [0.25, 0.3) is 0 Å². The Bertz CT molecular complexity index is 66.5. The van der Waals surface area contributed by atoms with Gasteiger partial charge < -0.3 is 4.74 Å². The van der Waals surface area contributed by atoms with E-state index in [2.05, 4.69) is 17.6 Å². The monoisotopic (exact) mass is 115 g/mol. The first-order valence-electron chi connectivity index (χ1n) is 2.43. The number of ether oxygens (including phenoxy) is 1. The van der Waals surface area contributed by atoms with Crippen molar-refractivity contribution in [2.24, 2.45) is 0 Å². The van der Waals surface area contributed by atoms with Crippen LogP contribution in [0.1, 0.15) is 12.8 Å². The molecule has 0 saturated carbocycles. The van der Waals surface area contributed by atoms with E-state index in [1.165, 1.54) is 0 Å². The van der Waals surface area contributed by atoms with Crippen LogP contribution in [0.4, 0.5) is 0 Å². The maximum Gasteiger partial charge on any atom is 0.0938 e. The molecule has 1 fully saturated rings. The maximum absolute atomic E-state index is 5.09. The summed E-state index contributed by atoms with van der Waals surface area (Å²) in [6, 6.07) is 0. The Morgan fingerprint density at radius 1 is 1.71 bits per heavy atom. The van der Waals surface area contributed by atoms with Gasteiger partial charge >= 0.3 is 0 Å². The van der Waals surface area contributed by atoms with Crippen molar-refractivity contribution in [1.82, 2.24) is 0 Å². The van der Waals surface area contributed by atoms with Crippen molar-refractivity contribution in [2.75, 3.05) is 6.61 Å². The molecule has 1 aliphatic rings. The van der Waals surface area contributed by atoms with E-state index in [1.807, 2.05) is 0 Å². The predicted molar refractivity (Wildman–Crippen MR) is 31.6 cm³/mol. The third-order valence-corrected chi connectivity index (χ3v) is 1.32. The number of thiocarbonyl (C=S) groups is 1. The molecule has 0 aromatic rings. The molecule has 0 bridgehead atoms. The molecular formula is C5H7OS. The second kappa shape index (κ2) is 2.38. The maximum atomic E-state index is 5.09. The lowest BCUT2D eigenvalue weighted by Gasteiger charge is -1.94. The molecule has 39 valence electrons. The summed E-state index contributed by atoms with van der Waals surface area (Å²) in [6.07, 6.45) is 2.38. The van der Waals surface area contributed by atoms with Crippen molar-refractivity contribution >= 4 is 17.6 Å². The smallest absolute Gasteiger partial charge is 0.0938 e. The molecule has 0 N–H and O–H groups in total. The summed E-state index contributed by atoms with van der Waals surface area (Å²) < 4.78 is 5.09. The van der Waals surface area contributed by atoms with Gasteiger partial charge in [-0.1, -0.05) is 12.2 Å². The van der Waals surface area contributed by atoms with E-state index in [-0.39, 0.29) is 6.10 Å². The van der Waals surface area contributed by atoms with Gasteiger partial charge in [-0.3, -0.25) is 0 Å². The number of hydrogen-bond acceptors (Lipinski definition) is 2. The molecular weight excluding hydrogens is 108 g/mol. The van der Waals surface area contributed by atoms with Crippen LogP contribution < -0.4 is 0 Å². The highest BCUT2D eigenvalue weighted by atomic mass is 32.1. The minimum absolute atomic E-state index is 0.162. The van der Waals surface area contributed by atoms with Crippen LogP contribution >= 0.6 is 12.2 Å². The molecule has 1 heterocycles. The normalized spacial score (nSPS) is 30.6. The van der Waals surface area contributed by atoms with Crippen molar-refractivity contribution in [3.8, 4) is 0 Å². The fourth-order valence-corrected chi connectivity index (χ4v) is 0.856. The first kappa shape index (κ1) is 5.19. The van der Waals surface area contributed by atoms with Crippen LogP contribution in [0.3, 0.4) is 0 Å². The SMILES string of the molecule is S=[C]C1CCCO1. The van der Waals surface area contributed by atoms with E-state index < -0.39 is 0 Å². The second-order valence-corrected chi connectivity index (χ2v) is 1.86. The molecule has 1 atom stereocenters. The molecule has 1 radical (unpaired) electrons. The summed E-state index contributed by atoms with van der Waals surface area (Å²) in [7, 11) is 0. The molecule has 1 unspecified atom stereocenters. The number of rotatable bonds is 1. The van der Waals surface area contributed by atoms with Crippen LogP contribution in [0, 0.1) is 0 Å². The van der Waals surface area contributed by atoms with Gasteiger partial charge in [-0.15, -0.1) is 0 Å². The van der Waals surface area contributed by atoms with Crippen LogP contribution in [-0.4, -0.2) is 18.1 Å². The molecule has 0 aliphatic carbocycles. The lowest BCUT2D eigenvalue weighted by molar-refractivity contribution is 0.163. The van der Waals surface area contributed by atoms with E-state index in [9.17, 15) is 0 Å². The largest absolute Gasteiger partial charge is 0.373 e. The lowest BCUT2D eigenvalue weighted by Crippen LogP contribution is -2.02. The molecule has 7 heavy (non-hydrogen) atoms. The Kier molecular flexibility index (Phi) is 1.77. The van der Waals surface area contributed by atoms with Crippen LogP contribution in [-0.2, 0) is 4.74 Å². The summed E-state index contributed by atoms with van der Waals surface area (Å²) in [6.45, 7) is 0.869. The third-order valence-electron chi connectivity index (χ3n) is 1.06. The van der Waals surface area contributed by atoms with Gasteiger partial charge in [0.1, 0.15) is 0 Å². The van der Waals surface area contributed by atoms with Gasteiger partial charge in [0.05, 0.1) is 11.5 Å². The predicted octanol–water partition coefficient (Wildman–Crippen LogP) is 1.04. The summed E-state index contributed by atoms with van der Waals surface area (Å²) in [5.74, 6) is 0. The van der Waals surface area contributed by atoms with Gasteiger partial charge in [-0.25, -0.2) is 0 Å². The standard InChI is InChI=1S/C5H7OS/c7-4-5-2-1-3-6-5/h5H,1-3H2. The van der Waals surface area contributed by atoms with Gasteiger partial charge in [0.2, 0.25) is 0 Å². The molecule has 1 rings (SSSR count). The van der Waals surface area contributed by atoms with E-state index in [0.29, 0.717) is 0 Å². The Hall–Kier alpha value is 0.0500. The van der Waals surface area contributed by atoms with E-state index in [0.717, 1.165) is 19.4 Å². The van der Waals surface area contributed by atoms with Gasteiger partial charge in [0, 0.05) is 6.61 Å². The van der Waals surface area contributed by atoms with Gasteiger partial charge in [-0.2, -0.15) is 0 Å². The Morgan fingerprint density at radius 3 is 2.86 bits per heavy atom. The fourth-order valence-electron chi connectivity index (χ4n) is 0.671. The Morgan fingerprint density at radius 2 is 2.57 bits per heavy atom. The highest BCUT2D eigenvalue weighted by Crippen LogP contribution is 2.08. The van der Waals surface area contributed by atoms with Gasteiger partial charge in [0.15, 0.2) is 0 Å². The van der Waals surface area contributed by atoms with Crippen molar-refractivity contribution in [3.63, 3.8) is 0 Å². The summed E-state index contributed by atoms with van der Waals surface area (Å²) in [5.41, 5.74) is 0. The zero-order valence-electron chi connectivity index (χ0n) is 4.02. The molecule has 0 spiro atoms. The topological polar surface area (TPSA) is 9.23 Å². The summed E-state index contributed by atoms with van der Waals surface area (Å²) in [5, 5.41) is 2.62. The molecule has 0 amide bonds. The highest BCUT2D eigenvalue weighted by molar-refractivity contribution is 7.79. The van der Waals surface area contributed by atoms with Crippen LogP contribution in [0.15, 0.2) is 0 Å². The molecule has 1 saturated heterocycles. The zero-order valence-corrected chi connectivity index (χ0v) is 4.83. The Balaban J connectivity index is 2.26. The molecule has 0 aromatic heterocycles. The minimum atomic E-state index is 0.162. The Labute approximate surface area is 48.7 Å². The highest BCUT2D eigenvalue weighted by Gasteiger charge is 2.11. The van der Waals surface area contributed by atoms with Gasteiger partial charge in [-0.05, 0) is 12.8 Å². The summed E-state index contributed by atoms with van der Waals surface area (Å²) in [4.78, 5) is 0. The second-order valence-electron chi connectivity index (χ2n) is 1.62. The summed E-state index contributed by atoms with van der Waals surface area (Å²) >= 11 is 4.54. The molecule has 0 aromatic carbocycles. The van der Waals surface area contributed by atoms with E-state index >= 15 is 0 Å². The zero-order chi connectivity index (χ0) is 5.11. The van der Waals surface area contributed by atoms with Crippen LogP contribution in [0.5, 0.6) is 0 Å². The molecule has 2 heteroatoms. The van der Waals surface area contributed by atoms with Crippen molar-refractivity contribution in [3.05, 3.63) is 0 Å². The van der Waals surface area contributed by atoms with Crippen molar-refractivity contribution < 1.29 is 4.74 Å². The van der Waals surface area contributed by atoms with Crippen molar-refractivity contribution in [1.29, 1.82) is 0 Å². The fraction of sp³-hybridized carbons (Fsp3) is 0.800. The first-order chi connectivity index (χ1) is 3.43. The average molecular weight is 115 g/mol. The first-order valence-corrected chi connectivity index (χ1v) is 2.83. The average Bonchev–Trinajstić information content (AvgIpc) is 2.14. The van der Waals surface area contributed by atoms with Crippen molar-refractivity contribution in [2.45, 2.75) is 18.9 Å².